The molecule has 1 heterocycles. The van der Waals surface area contributed by atoms with Crippen LogP contribution in [0.3, 0.4) is 0 Å². The first kappa shape index (κ1) is 13.6. The van der Waals surface area contributed by atoms with Crippen LogP contribution in [0.5, 0.6) is 0 Å². The maximum Gasteiger partial charge on any atom is 0.321 e. The number of hydrogen-bond donors (Lipinski definition) is 2. The SMILES string of the molecule is CN(C(=O)Nc1ccc(I)cc1)C1CCNCC1. The third kappa shape index (κ3) is 3.58. The van der Waals surface area contributed by atoms with Gasteiger partial charge in [0.15, 0.2) is 0 Å². The molecular weight excluding hydrogens is 341 g/mol. The van der Waals surface area contributed by atoms with Gasteiger partial charge >= 0.3 is 6.03 Å². The number of hydrogen-bond acceptors (Lipinski definition) is 2. The Morgan fingerprint density at radius 3 is 2.56 bits per heavy atom. The van der Waals surface area contributed by atoms with Crippen molar-refractivity contribution in [2.24, 2.45) is 0 Å². The zero-order valence-electron chi connectivity index (χ0n) is 10.4. The van der Waals surface area contributed by atoms with Gasteiger partial charge in [-0.15, -0.1) is 0 Å². The lowest BCUT2D eigenvalue weighted by Gasteiger charge is -2.31. The average molecular weight is 359 g/mol. The minimum Gasteiger partial charge on any atom is -0.325 e. The number of rotatable bonds is 2. The lowest BCUT2D eigenvalue weighted by molar-refractivity contribution is 0.189. The molecule has 4 nitrogen and oxygen atoms in total. The fraction of sp³-hybridized carbons (Fsp3) is 0.462. The first-order valence-electron chi connectivity index (χ1n) is 6.17. The molecule has 1 aromatic rings. The summed E-state index contributed by atoms with van der Waals surface area (Å²) >= 11 is 2.25. The number of carbonyl (C=O) groups is 1. The highest BCUT2D eigenvalue weighted by molar-refractivity contribution is 14.1. The summed E-state index contributed by atoms with van der Waals surface area (Å²) in [5.74, 6) is 0. The van der Waals surface area contributed by atoms with Gasteiger partial charge in [-0.3, -0.25) is 0 Å². The van der Waals surface area contributed by atoms with E-state index in [9.17, 15) is 4.79 Å². The normalized spacial score (nSPS) is 16.3. The van der Waals surface area contributed by atoms with Crippen LogP contribution in [0.2, 0.25) is 0 Å². The third-order valence-electron chi connectivity index (χ3n) is 3.27. The van der Waals surface area contributed by atoms with Crippen molar-refractivity contribution in [2.45, 2.75) is 18.9 Å². The molecule has 1 aromatic carbocycles. The predicted molar refractivity (Wildman–Crippen MR) is 81.8 cm³/mol. The van der Waals surface area contributed by atoms with Gasteiger partial charge < -0.3 is 15.5 Å². The van der Waals surface area contributed by atoms with Crippen LogP contribution in [0.4, 0.5) is 10.5 Å². The zero-order valence-corrected chi connectivity index (χ0v) is 12.6. The monoisotopic (exact) mass is 359 g/mol. The first-order valence-corrected chi connectivity index (χ1v) is 7.25. The second kappa shape index (κ2) is 6.38. The molecule has 5 heteroatoms. The molecule has 0 unspecified atom stereocenters. The maximum atomic E-state index is 12.1. The molecule has 1 aliphatic rings. The summed E-state index contributed by atoms with van der Waals surface area (Å²) < 4.78 is 1.16. The van der Waals surface area contributed by atoms with Crippen LogP contribution in [0.25, 0.3) is 0 Å². The van der Waals surface area contributed by atoms with Crippen molar-refractivity contribution in [3.05, 3.63) is 27.8 Å². The van der Waals surface area contributed by atoms with E-state index >= 15 is 0 Å². The van der Waals surface area contributed by atoms with Crippen molar-refractivity contribution in [3.63, 3.8) is 0 Å². The van der Waals surface area contributed by atoms with Gasteiger partial charge in [0, 0.05) is 22.3 Å². The van der Waals surface area contributed by atoms with Crippen LogP contribution >= 0.6 is 22.6 Å². The van der Waals surface area contributed by atoms with E-state index in [-0.39, 0.29) is 6.03 Å². The van der Waals surface area contributed by atoms with E-state index in [0.717, 1.165) is 35.2 Å². The Kier molecular flexibility index (Phi) is 4.82. The molecule has 0 radical (unpaired) electrons. The van der Waals surface area contributed by atoms with Gasteiger partial charge in [-0.05, 0) is 72.8 Å². The van der Waals surface area contributed by atoms with Gasteiger partial charge in [-0.25, -0.2) is 4.79 Å². The van der Waals surface area contributed by atoms with Gasteiger partial charge in [0.05, 0.1) is 0 Å². The molecule has 0 spiro atoms. The number of piperidine rings is 1. The Bertz CT molecular complexity index is 401. The second-order valence-electron chi connectivity index (χ2n) is 4.53. The maximum absolute atomic E-state index is 12.1. The van der Waals surface area contributed by atoms with Gasteiger partial charge in [0.1, 0.15) is 0 Å². The van der Waals surface area contributed by atoms with Gasteiger partial charge in [0.25, 0.3) is 0 Å². The molecule has 0 aromatic heterocycles. The summed E-state index contributed by atoms with van der Waals surface area (Å²) in [7, 11) is 1.87. The predicted octanol–water partition coefficient (Wildman–Crippen LogP) is 2.51. The van der Waals surface area contributed by atoms with Gasteiger partial charge in [-0.1, -0.05) is 0 Å². The number of anilines is 1. The Labute approximate surface area is 121 Å². The van der Waals surface area contributed by atoms with Crippen LogP contribution in [0.15, 0.2) is 24.3 Å². The number of nitrogens with zero attached hydrogens (tertiary/aromatic N) is 1. The van der Waals surface area contributed by atoms with Crippen molar-refractivity contribution in [3.8, 4) is 0 Å². The van der Waals surface area contributed by atoms with Crippen LogP contribution in [-0.4, -0.2) is 37.1 Å². The van der Waals surface area contributed by atoms with E-state index in [1.807, 2.05) is 36.2 Å². The van der Waals surface area contributed by atoms with Crippen molar-refractivity contribution in [2.75, 3.05) is 25.5 Å². The number of amides is 2. The zero-order chi connectivity index (χ0) is 13.0. The molecule has 2 rings (SSSR count). The Balaban J connectivity index is 1.92. The Morgan fingerprint density at radius 1 is 1.33 bits per heavy atom. The topological polar surface area (TPSA) is 44.4 Å². The fourth-order valence-corrected chi connectivity index (χ4v) is 2.46. The minimum atomic E-state index is -0.0249. The van der Waals surface area contributed by atoms with Crippen LogP contribution in [-0.2, 0) is 0 Å². The fourth-order valence-electron chi connectivity index (χ4n) is 2.10. The lowest BCUT2D eigenvalue weighted by atomic mass is 10.1. The number of nitrogens with one attached hydrogen (secondary N) is 2. The van der Waals surface area contributed by atoms with Gasteiger partial charge in [0.2, 0.25) is 0 Å². The van der Waals surface area contributed by atoms with E-state index in [0.29, 0.717) is 6.04 Å². The highest BCUT2D eigenvalue weighted by atomic mass is 127. The van der Waals surface area contributed by atoms with E-state index < -0.39 is 0 Å². The summed E-state index contributed by atoms with van der Waals surface area (Å²) in [6, 6.07) is 8.14. The molecule has 0 saturated carbocycles. The Morgan fingerprint density at radius 2 is 1.94 bits per heavy atom. The number of carbonyl (C=O) groups excluding carboxylic acids is 1. The lowest BCUT2D eigenvalue weighted by Crippen LogP contribution is -2.45. The summed E-state index contributed by atoms with van der Waals surface area (Å²) in [6.45, 7) is 1.98. The molecule has 1 fully saturated rings. The molecule has 1 saturated heterocycles. The number of benzene rings is 1. The molecule has 98 valence electrons. The number of halogens is 1. The largest absolute Gasteiger partial charge is 0.325 e. The summed E-state index contributed by atoms with van der Waals surface area (Å²) in [5, 5.41) is 6.23. The number of urea groups is 1. The van der Waals surface area contributed by atoms with Crippen molar-refractivity contribution < 1.29 is 4.79 Å². The van der Waals surface area contributed by atoms with Crippen molar-refractivity contribution >= 4 is 34.3 Å². The summed E-state index contributed by atoms with van der Waals surface area (Å²) in [4.78, 5) is 13.9. The van der Waals surface area contributed by atoms with Crippen molar-refractivity contribution in [1.29, 1.82) is 0 Å². The summed E-state index contributed by atoms with van der Waals surface area (Å²) in [5.41, 5.74) is 0.848. The van der Waals surface area contributed by atoms with Crippen LogP contribution in [0.1, 0.15) is 12.8 Å². The van der Waals surface area contributed by atoms with Crippen LogP contribution < -0.4 is 10.6 Å². The highest BCUT2D eigenvalue weighted by Gasteiger charge is 2.21. The quantitative estimate of drug-likeness (QED) is 0.797. The van der Waals surface area contributed by atoms with Crippen LogP contribution in [0, 0.1) is 3.57 Å². The summed E-state index contributed by atoms with van der Waals surface area (Å²) in [6.07, 6.45) is 2.05. The highest BCUT2D eigenvalue weighted by Crippen LogP contribution is 2.14. The van der Waals surface area contributed by atoms with E-state index in [2.05, 4.69) is 33.2 Å². The van der Waals surface area contributed by atoms with E-state index in [1.54, 1.807) is 0 Å². The van der Waals surface area contributed by atoms with Gasteiger partial charge in [-0.2, -0.15) is 0 Å². The molecule has 2 N–H and O–H groups in total. The molecule has 0 aliphatic carbocycles. The molecule has 0 atom stereocenters. The smallest absolute Gasteiger partial charge is 0.321 e. The third-order valence-corrected chi connectivity index (χ3v) is 3.99. The van der Waals surface area contributed by atoms with Crippen molar-refractivity contribution in [1.82, 2.24) is 10.2 Å². The molecule has 2 amide bonds. The average Bonchev–Trinajstić information content (AvgIpc) is 2.41. The Hall–Kier alpha value is -0.820. The first-order chi connectivity index (χ1) is 8.66. The van der Waals surface area contributed by atoms with E-state index in [1.165, 1.54) is 0 Å². The molecule has 0 bridgehead atoms. The minimum absolute atomic E-state index is 0.0249. The standard InChI is InChI=1S/C13H18IN3O/c1-17(12-6-8-15-9-7-12)13(18)16-11-4-2-10(14)3-5-11/h2-5,12,15H,6-9H2,1H3,(H,16,18). The molecular formula is C13H18IN3O. The molecule has 1 aliphatic heterocycles. The molecule has 18 heavy (non-hydrogen) atoms. The second-order valence-corrected chi connectivity index (χ2v) is 5.77. The van der Waals surface area contributed by atoms with E-state index in [4.69, 9.17) is 0 Å².